The molecule has 164 valence electrons. The lowest BCUT2D eigenvalue weighted by molar-refractivity contribution is 0.0573. The van der Waals surface area contributed by atoms with Gasteiger partial charge in [-0.25, -0.2) is 0 Å². The fourth-order valence-electron chi connectivity index (χ4n) is 3.36. The van der Waals surface area contributed by atoms with Gasteiger partial charge < -0.3 is 18.9 Å². The Morgan fingerprint density at radius 3 is 1.00 bits per heavy atom. The molecule has 6 heteroatoms. The molecule has 1 aliphatic rings. The van der Waals surface area contributed by atoms with Crippen LogP contribution in [0, 0.1) is 0 Å². The number of rotatable bonds is 2. The first-order valence-electron chi connectivity index (χ1n) is 10.8. The maximum absolute atomic E-state index is 5.88. The molecule has 0 radical (unpaired) electrons. The van der Waals surface area contributed by atoms with Gasteiger partial charge in [0.2, 0.25) is 0 Å². The van der Waals surface area contributed by atoms with E-state index >= 15 is 0 Å². The predicted molar refractivity (Wildman–Crippen MR) is 129 cm³/mol. The molecule has 0 bridgehead atoms. The summed E-state index contributed by atoms with van der Waals surface area (Å²) < 4.78 is 23.5. The fraction of sp³-hybridized carbons (Fsp3) is 0.500. The summed E-state index contributed by atoms with van der Waals surface area (Å²) in [5.41, 5.74) is 0. The Morgan fingerprint density at radius 1 is 0.400 bits per heavy atom. The molecule has 2 aromatic carbocycles. The highest BCUT2D eigenvalue weighted by molar-refractivity contribution is 7.66. The summed E-state index contributed by atoms with van der Waals surface area (Å²) in [7, 11) is -0.515. The van der Waals surface area contributed by atoms with Gasteiger partial charge in [-0.05, 0) is 35.3 Å². The van der Waals surface area contributed by atoms with Gasteiger partial charge in [0.15, 0.2) is 0 Å². The Hall–Kier alpha value is -0.860. The van der Waals surface area contributed by atoms with Crippen molar-refractivity contribution in [3.63, 3.8) is 0 Å². The molecule has 0 aromatic heterocycles. The van der Waals surface area contributed by atoms with Crippen molar-refractivity contribution in [1.29, 1.82) is 0 Å². The van der Waals surface area contributed by atoms with Gasteiger partial charge in [0, 0.05) is 0 Å². The van der Waals surface area contributed by atoms with E-state index in [1.807, 2.05) is 0 Å². The van der Waals surface area contributed by atoms with Crippen LogP contribution in [-0.4, -0.2) is 77.5 Å². The molecule has 0 atom stereocenters. The van der Waals surface area contributed by atoms with Crippen molar-refractivity contribution in [1.82, 2.24) is 0 Å². The van der Waals surface area contributed by atoms with E-state index in [1.54, 1.807) is 0 Å². The van der Waals surface area contributed by atoms with E-state index in [2.05, 4.69) is 60.7 Å². The molecular weight excluding hydrogens is 414 g/mol. The standard InChI is InChI=1S/C24H34O4P2/c1-3-7-23(8-4-1)29-19-15-25-11-13-27-17-21-30(24-9-5-2-6-10-24)22-18-28-14-12-26-16-20-29/h1-10H,11-22H2. The molecule has 30 heavy (non-hydrogen) atoms. The van der Waals surface area contributed by atoms with Gasteiger partial charge in [-0.2, -0.15) is 0 Å². The van der Waals surface area contributed by atoms with Crippen LogP contribution in [0.5, 0.6) is 0 Å². The van der Waals surface area contributed by atoms with Crippen LogP contribution in [0.2, 0.25) is 0 Å². The van der Waals surface area contributed by atoms with Crippen LogP contribution < -0.4 is 10.6 Å². The molecule has 1 aliphatic heterocycles. The molecule has 1 heterocycles. The molecular formula is C24H34O4P2. The van der Waals surface area contributed by atoms with Crippen molar-refractivity contribution in [2.24, 2.45) is 0 Å². The molecule has 0 unspecified atom stereocenters. The third-order valence-electron chi connectivity index (χ3n) is 5.01. The molecule has 1 saturated heterocycles. The second-order valence-corrected chi connectivity index (χ2v) is 12.1. The monoisotopic (exact) mass is 448 g/mol. The summed E-state index contributed by atoms with van der Waals surface area (Å²) in [4.78, 5) is 0. The first-order valence-corrected chi connectivity index (χ1v) is 14.3. The van der Waals surface area contributed by atoms with Crippen LogP contribution in [-0.2, 0) is 18.9 Å². The third-order valence-corrected chi connectivity index (χ3v) is 9.96. The number of benzene rings is 2. The third kappa shape index (κ3) is 9.10. The van der Waals surface area contributed by atoms with E-state index < -0.39 is 0 Å². The van der Waals surface area contributed by atoms with Crippen LogP contribution in [0.4, 0.5) is 0 Å². The van der Waals surface area contributed by atoms with Gasteiger partial charge in [-0.1, -0.05) is 76.5 Å². The average Bonchev–Trinajstić information content (AvgIpc) is 2.80. The molecule has 2 aromatic rings. The zero-order valence-corrected chi connectivity index (χ0v) is 19.6. The van der Waals surface area contributed by atoms with Crippen molar-refractivity contribution in [3.8, 4) is 0 Å². The van der Waals surface area contributed by atoms with Crippen LogP contribution in [0.15, 0.2) is 60.7 Å². The Labute approximate surface area is 183 Å². The van der Waals surface area contributed by atoms with Gasteiger partial charge in [0.25, 0.3) is 0 Å². The summed E-state index contributed by atoms with van der Waals surface area (Å²) in [5, 5.41) is 2.85. The first kappa shape index (κ1) is 23.8. The Kier molecular flexibility index (Phi) is 11.9. The van der Waals surface area contributed by atoms with Gasteiger partial charge in [0.1, 0.15) is 0 Å². The zero-order chi connectivity index (χ0) is 20.7. The lowest BCUT2D eigenvalue weighted by Gasteiger charge is -2.20. The molecule has 4 nitrogen and oxygen atoms in total. The van der Waals surface area contributed by atoms with Gasteiger partial charge in [-0.15, -0.1) is 0 Å². The summed E-state index contributed by atoms with van der Waals surface area (Å²) in [6.45, 7) is 5.80. The van der Waals surface area contributed by atoms with Crippen LogP contribution in [0.3, 0.4) is 0 Å². The van der Waals surface area contributed by atoms with E-state index in [0.717, 1.165) is 51.1 Å². The van der Waals surface area contributed by atoms with E-state index in [9.17, 15) is 0 Å². The van der Waals surface area contributed by atoms with E-state index in [1.165, 1.54) is 10.6 Å². The predicted octanol–water partition coefficient (Wildman–Crippen LogP) is 3.68. The van der Waals surface area contributed by atoms with E-state index in [4.69, 9.17) is 18.9 Å². The van der Waals surface area contributed by atoms with Crippen molar-refractivity contribution < 1.29 is 18.9 Å². The van der Waals surface area contributed by atoms with Crippen molar-refractivity contribution in [2.75, 3.05) is 77.5 Å². The second-order valence-electron chi connectivity index (χ2n) is 7.09. The lowest BCUT2D eigenvalue weighted by atomic mass is 10.4. The average molecular weight is 448 g/mol. The maximum atomic E-state index is 5.88. The summed E-state index contributed by atoms with van der Waals surface area (Å²) in [5.74, 6) is 0. The molecule has 0 amide bonds. The van der Waals surface area contributed by atoms with Gasteiger partial charge >= 0.3 is 0 Å². The largest absolute Gasteiger partial charge is 0.379 e. The first-order chi connectivity index (χ1) is 14.9. The Balaban J connectivity index is 1.48. The Bertz CT molecular complexity index is 592. The Morgan fingerprint density at radius 2 is 0.700 bits per heavy atom. The normalized spacial score (nSPS) is 23.9. The smallest absolute Gasteiger partial charge is 0.0700 e. The highest BCUT2D eigenvalue weighted by Crippen LogP contribution is 2.34. The summed E-state index contributed by atoms with van der Waals surface area (Å²) in [6, 6.07) is 21.6. The lowest BCUT2D eigenvalue weighted by Crippen LogP contribution is -2.17. The second kappa shape index (κ2) is 15.0. The van der Waals surface area contributed by atoms with Crippen molar-refractivity contribution in [2.45, 2.75) is 0 Å². The van der Waals surface area contributed by atoms with Crippen molar-refractivity contribution >= 4 is 26.5 Å². The molecule has 0 N–H and O–H groups in total. The maximum Gasteiger partial charge on any atom is 0.0700 e. The number of hydrogen-bond acceptors (Lipinski definition) is 4. The van der Waals surface area contributed by atoms with E-state index in [0.29, 0.717) is 26.4 Å². The molecule has 0 spiro atoms. The fourth-order valence-corrected chi connectivity index (χ4v) is 7.43. The van der Waals surface area contributed by atoms with E-state index in [-0.39, 0.29) is 15.8 Å². The minimum atomic E-state index is -0.257. The minimum Gasteiger partial charge on any atom is -0.379 e. The molecule has 0 saturated carbocycles. The molecule has 3 rings (SSSR count). The highest BCUT2D eigenvalue weighted by Gasteiger charge is 2.12. The number of ether oxygens (including phenoxy) is 4. The summed E-state index contributed by atoms with van der Waals surface area (Å²) in [6.07, 6.45) is 4.27. The van der Waals surface area contributed by atoms with Gasteiger partial charge in [0.05, 0.1) is 52.9 Å². The summed E-state index contributed by atoms with van der Waals surface area (Å²) >= 11 is 0. The zero-order valence-electron chi connectivity index (χ0n) is 17.8. The molecule has 1 fully saturated rings. The molecule has 0 aliphatic carbocycles. The number of hydrogen-bond donors (Lipinski definition) is 0. The SMILES string of the molecule is c1ccc(P2CCOCCOCCP(c3ccccc3)CCOCCOCC2)cc1. The van der Waals surface area contributed by atoms with Crippen molar-refractivity contribution in [3.05, 3.63) is 60.7 Å². The highest BCUT2D eigenvalue weighted by atomic mass is 31.1. The topological polar surface area (TPSA) is 36.9 Å². The van der Waals surface area contributed by atoms with Crippen LogP contribution in [0.25, 0.3) is 0 Å². The quantitative estimate of drug-likeness (QED) is 0.657. The van der Waals surface area contributed by atoms with Gasteiger partial charge in [-0.3, -0.25) is 0 Å². The van der Waals surface area contributed by atoms with Crippen LogP contribution in [0.1, 0.15) is 0 Å². The van der Waals surface area contributed by atoms with Crippen LogP contribution >= 0.6 is 15.8 Å². The minimum absolute atomic E-state index is 0.257.